The maximum absolute atomic E-state index is 6.07. The molecule has 1 N–H and O–H groups in total. The van der Waals surface area contributed by atoms with Crippen LogP contribution in [0.25, 0.3) is 0 Å². The predicted octanol–water partition coefficient (Wildman–Crippen LogP) is 3.89. The van der Waals surface area contributed by atoms with E-state index in [1.807, 2.05) is 0 Å². The summed E-state index contributed by atoms with van der Waals surface area (Å²) in [6.45, 7) is 7.81. The molecule has 2 atom stereocenters. The molecule has 0 aromatic heterocycles. The summed E-state index contributed by atoms with van der Waals surface area (Å²) in [5, 5.41) is 3.79. The van der Waals surface area contributed by atoms with Crippen LogP contribution in [-0.4, -0.2) is 24.3 Å². The molecule has 1 aliphatic heterocycles. The fourth-order valence-corrected chi connectivity index (χ4v) is 3.69. The molecule has 2 aliphatic rings. The first-order valence-electron chi connectivity index (χ1n) is 8.02. The summed E-state index contributed by atoms with van der Waals surface area (Å²) in [7, 11) is 0. The number of hydrogen-bond donors (Lipinski definition) is 1. The van der Waals surface area contributed by atoms with Gasteiger partial charge in [0.15, 0.2) is 0 Å². The van der Waals surface area contributed by atoms with Crippen molar-refractivity contribution in [1.29, 1.82) is 0 Å². The van der Waals surface area contributed by atoms with Crippen molar-refractivity contribution in [2.75, 3.05) is 6.54 Å². The Morgan fingerprint density at radius 2 is 1.89 bits per heavy atom. The highest BCUT2D eigenvalue weighted by molar-refractivity contribution is 4.84. The van der Waals surface area contributed by atoms with Gasteiger partial charge in [-0.3, -0.25) is 0 Å². The highest BCUT2D eigenvalue weighted by Crippen LogP contribution is 2.30. The molecule has 1 aliphatic carbocycles. The van der Waals surface area contributed by atoms with Gasteiger partial charge < -0.3 is 10.1 Å². The summed E-state index contributed by atoms with van der Waals surface area (Å²) in [5.74, 6) is 0.915. The zero-order valence-electron chi connectivity index (χ0n) is 12.5. The van der Waals surface area contributed by atoms with E-state index in [1.54, 1.807) is 0 Å². The average Bonchev–Trinajstić information content (AvgIpc) is 2.71. The lowest BCUT2D eigenvalue weighted by Gasteiger charge is -2.31. The van der Waals surface area contributed by atoms with E-state index in [2.05, 4.69) is 26.1 Å². The second kappa shape index (κ2) is 6.38. The average molecular weight is 253 g/mol. The second-order valence-electron chi connectivity index (χ2n) is 6.86. The molecule has 2 nitrogen and oxygen atoms in total. The summed E-state index contributed by atoms with van der Waals surface area (Å²) in [6, 6.07) is 0.720. The summed E-state index contributed by atoms with van der Waals surface area (Å²) in [4.78, 5) is 0. The van der Waals surface area contributed by atoms with Crippen LogP contribution >= 0.6 is 0 Å². The molecule has 0 bridgehead atoms. The van der Waals surface area contributed by atoms with Crippen LogP contribution in [0.5, 0.6) is 0 Å². The van der Waals surface area contributed by atoms with Crippen LogP contribution in [0.15, 0.2) is 0 Å². The highest BCUT2D eigenvalue weighted by atomic mass is 16.5. The third-order valence-corrected chi connectivity index (χ3v) is 4.82. The molecule has 0 aromatic rings. The van der Waals surface area contributed by atoms with Crippen LogP contribution in [0, 0.1) is 5.92 Å². The van der Waals surface area contributed by atoms with E-state index in [-0.39, 0.29) is 5.60 Å². The summed E-state index contributed by atoms with van der Waals surface area (Å²) in [6.07, 6.45) is 11.3. The van der Waals surface area contributed by atoms with Gasteiger partial charge in [0.25, 0.3) is 0 Å². The number of nitrogens with one attached hydrogen (secondary N) is 1. The predicted molar refractivity (Wildman–Crippen MR) is 76.8 cm³/mol. The standard InChI is InChI=1S/C16H31NO/c1-4-15(13-8-6-5-7-9-13)17-12-14-10-11-16(2,3)18-14/h13-15,17H,4-12H2,1-3H3. The quantitative estimate of drug-likeness (QED) is 0.802. The SMILES string of the molecule is CCC(NCC1CCC(C)(C)O1)C1CCCCC1. The van der Waals surface area contributed by atoms with E-state index in [9.17, 15) is 0 Å². The fraction of sp³-hybridized carbons (Fsp3) is 1.00. The third kappa shape index (κ3) is 3.96. The number of hydrogen-bond acceptors (Lipinski definition) is 2. The minimum Gasteiger partial charge on any atom is -0.371 e. The van der Waals surface area contributed by atoms with Gasteiger partial charge in [-0.25, -0.2) is 0 Å². The molecule has 2 unspecified atom stereocenters. The first-order valence-corrected chi connectivity index (χ1v) is 8.02. The largest absolute Gasteiger partial charge is 0.371 e. The van der Waals surface area contributed by atoms with Crippen molar-refractivity contribution in [3.8, 4) is 0 Å². The maximum atomic E-state index is 6.07. The van der Waals surface area contributed by atoms with Crippen molar-refractivity contribution in [3.63, 3.8) is 0 Å². The van der Waals surface area contributed by atoms with Gasteiger partial charge in [0.05, 0.1) is 11.7 Å². The van der Waals surface area contributed by atoms with E-state index in [1.165, 1.54) is 51.4 Å². The Morgan fingerprint density at radius 1 is 1.17 bits per heavy atom. The van der Waals surface area contributed by atoms with Gasteiger partial charge in [-0.15, -0.1) is 0 Å². The van der Waals surface area contributed by atoms with E-state index in [0.717, 1.165) is 18.5 Å². The monoisotopic (exact) mass is 253 g/mol. The van der Waals surface area contributed by atoms with Crippen LogP contribution in [0.3, 0.4) is 0 Å². The Morgan fingerprint density at radius 3 is 2.44 bits per heavy atom. The molecule has 2 fully saturated rings. The minimum absolute atomic E-state index is 0.110. The molecule has 1 heterocycles. The van der Waals surface area contributed by atoms with E-state index >= 15 is 0 Å². The Balaban J connectivity index is 1.73. The fourth-order valence-electron chi connectivity index (χ4n) is 3.69. The Kier molecular flexibility index (Phi) is 5.08. The lowest BCUT2D eigenvalue weighted by Crippen LogP contribution is -2.41. The van der Waals surface area contributed by atoms with Crippen molar-refractivity contribution in [2.45, 2.75) is 89.9 Å². The van der Waals surface area contributed by atoms with Crippen LogP contribution in [-0.2, 0) is 4.74 Å². The van der Waals surface area contributed by atoms with Crippen molar-refractivity contribution >= 4 is 0 Å². The Bertz CT molecular complexity index is 245. The zero-order chi connectivity index (χ0) is 13.0. The van der Waals surface area contributed by atoms with Gasteiger partial charge in [-0.05, 0) is 51.9 Å². The maximum Gasteiger partial charge on any atom is 0.0707 e. The van der Waals surface area contributed by atoms with E-state index < -0.39 is 0 Å². The van der Waals surface area contributed by atoms with E-state index in [4.69, 9.17) is 4.74 Å². The molecule has 18 heavy (non-hydrogen) atoms. The zero-order valence-corrected chi connectivity index (χ0v) is 12.5. The van der Waals surface area contributed by atoms with Gasteiger partial charge in [0, 0.05) is 12.6 Å². The topological polar surface area (TPSA) is 21.3 Å². The van der Waals surface area contributed by atoms with Gasteiger partial charge in [0.2, 0.25) is 0 Å². The molecular weight excluding hydrogens is 222 g/mol. The molecule has 1 saturated carbocycles. The molecule has 2 heteroatoms. The molecule has 0 radical (unpaired) electrons. The summed E-state index contributed by atoms with van der Waals surface area (Å²) >= 11 is 0. The molecule has 2 rings (SSSR count). The van der Waals surface area contributed by atoms with Gasteiger partial charge in [-0.1, -0.05) is 26.2 Å². The van der Waals surface area contributed by atoms with Crippen molar-refractivity contribution in [3.05, 3.63) is 0 Å². The normalized spacial score (nSPS) is 30.5. The van der Waals surface area contributed by atoms with Crippen LogP contribution in [0.2, 0.25) is 0 Å². The molecular formula is C16H31NO. The van der Waals surface area contributed by atoms with Crippen molar-refractivity contribution in [2.24, 2.45) is 5.92 Å². The van der Waals surface area contributed by atoms with Crippen molar-refractivity contribution in [1.82, 2.24) is 5.32 Å². The summed E-state index contributed by atoms with van der Waals surface area (Å²) in [5.41, 5.74) is 0.110. The first-order chi connectivity index (χ1) is 8.61. The number of ether oxygens (including phenoxy) is 1. The van der Waals surface area contributed by atoms with Crippen molar-refractivity contribution < 1.29 is 4.74 Å². The molecule has 0 spiro atoms. The Hall–Kier alpha value is -0.0800. The van der Waals surface area contributed by atoms with Gasteiger partial charge in [0.1, 0.15) is 0 Å². The van der Waals surface area contributed by atoms with Crippen LogP contribution in [0.4, 0.5) is 0 Å². The molecule has 0 aromatic carbocycles. The lowest BCUT2D eigenvalue weighted by molar-refractivity contribution is -0.0161. The minimum atomic E-state index is 0.110. The second-order valence-corrected chi connectivity index (χ2v) is 6.86. The smallest absolute Gasteiger partial charge is 0.0707 e. The highest BCUT2D eigenvalue weighted by Gasteiger charge is 2.32. The summed E-state index contributed by atoms with van der Waals surface area (Å²) < 4.78 is 6.07. The first kappa shape index (κ1) is 14.3. The van der Waals surface area contributed by atoms with Gasteiger partial charge >= 0.3 is 0 Å². The number of rotatable bonds is 5. The molecule has 106 valence electrons. The van der Waals surface area contributed by atoms with Gasteiger partial charge in [-0.2, -0.15) is 0 Å². The van der Waals surface area contributed by atoms with Crippen LogP contribution < -0.4 is 5.32 Å². The Labute approximate surface area is 113 Å². The molecule has 0 amide bonds. The third-order valence-electron chi connectivity index (χ3n) is 4.82. The van der Waals surface area contributed by atoms with Crippen LogP contribution in [0.1, 0.15) is 72.1 Å². The van der Waals surface area contributed by atoms with E-state index in [0.29, 0.717) is 6.10 Å². The lowest BCUT2D eigenvalue weighted by atomic mass is 9.83. The molecule has 1 saturated heterocycles.